The first-order chi connectivity index (χ1) is 9.54. The number of carbonyl (C=O) groups excluding carboxylic acids is 2. The fourth-order valence-corrected chi connectivity index (χ4v) is 1.87. The summed E-state index contributed by atoms with van der Waals surface area (Å²) < 4.78 is 5.41. The van der Waals surface area contributed by atoms with E-state index in [0.29, 0.717) is 24.1 Å². The number of hydrogen-bond donors (Lipinski definition) is 1. The van der Waals surface area contributed by atoms with Gasteiger partial charge in [-0.05, 0) is 50.2 Å². The lowest BCUT2D eigenvalue weighted by Gasteiger charge is -2.05. The predicted octanol–water partition coefficient (Wildman–Crippen LogP) is 3.36. The molecule has 4 heteroatoms. The number of benzene rings is 1. The van der Waals surface area contributed by atoms with E-state index in [-0.39, 0.29) is 11.7 Å². The molecule has 4 nitrogen and oxygen atoms in total. The molecular formula is C16H17NO3. The smallest absolute Gasteiger partial charge is 0.224 e. The molecule has 2 rings (SSSR count). The lowest BCUT2D eigenvalue weighted by atomic mass is 10.1. The van der Waals surface area contributed by atoms with Crippen LogP contribution in [0.4, 0.5) is 5.69 Å². The molecule has 0 radical (unpaired) electrons. The van der Waals surface area contributed by atoms with Gasteiger partial charge in [-0.3, -0.25) is 9.59 Å². The highest BCUT2D eigenvalue weighted by atomic mass is 16.3. The summed E-state index contributed by atoms with van der Waals surface area (Å²) in [5, 5.41) is 2.79. The molecule has 0 bridgehead atoms. The summed E-state index contributed by atoms with van der Waals surface area (Å²) >= 11 is 0. The third-order valence-electron chi connectivity index (χ3n) is 2.97. The Morgan fingerprint density at radius 3 is 2.35 bits per heavy atom. The molecule has 0 aliphatic rings. The van der Waals surface area contributed by atoms with Crippen LogP contribution in [0.2, 0.25) is 0 Å². The molecule has 0 saturated heterocycles. The van der Waals surface area contributed by atoms with Crippen molar-refractivity contribution in [3.63, 3.8) is 0 Å². The molecule has 1 amide bonds. The molecule has 1 heterocycles. The van der Waals surface area contributed by atoms with E-state index in [1.165, 1.54) is 6.92 Å². The first-order valence-corrected chi connectivity index (χ1v) is 6.51. The number of furan rings is 1. The normalized spacial score (nSPS) is 10.3. The van der Waals surface area contributed by atoms with Crippen molar-refractivity contribution in [2.75, 3.05) is 5.32 Å². The van der Waals surface area contributed by atoms with Crippen molar-refractivity contribution in [1.82, 2.24) is 0 Å². The number of amides is 1. The van der Waals surface area contributed by atoms with Gasteiger partial charge in [0.05, 0.1) is 0 Å². The summed E-state index contributed by atoms with van der Waals surface area (Å²) in [4.78, 5) is 22.9. The molecule has 1 aromatic heterocycles. The standard InChI is InChI=1S/C16H17NO3/c1-11-3-8-15(20-11)9-10-16(19)17-14-6-4-13(5-7-14)12(2)18/h3-8H,9-10H2,1-2H3,(H,17,19). The van der Waals surface area contributed by atoms with Crippen LogP contribution in [-0.2, 0) is 11.2 Å². The van der Waals surface area contributed by atoms with E-state index in [1.54, 1.807) is 24.3 Å². The zero-order valence-electron chi connectivity index (χ0n) is 11.6. The molecular weight excluding hydrogens is 254 g/mol. The molecule has 0 spiro atoms. The Kier molecular flexibility index (Phi) is 4.35. The van der Waals surface area contributed by atoms with Gasteiger partial charge in [0.1, 0.15) is 11.5 Å². The number of Topliss-reactive ketones (excluding diaryl/α,β-unsaturated/α-hetero) is 1. The van der Waals surface area contributed by atoms with Crippen LogP contribution in [-0.4, -0.2) is 11.7 Å². The Labute approximate surface area is 117 Å². The first kappa shape index (κ1) is 14.1. The minimum Gasteiger partial charge on any atom is -0.466 e. The molecule has 0 saturated carbocycles. The second kappa shape index (κ2) is 6.19. The molecule has 0 aliphatic heterocycles. The van der Waals surface area contributed by atoms with E-state index < -0.39 is 0 Å². The van der Waals surface area contributed by atoms with Crippen molar-refractivity contribution in [3.8, 4) is 0 Å². The van der Waals surface area contributed by atoms with Crippen molar-refractivity contribution >= 4 is 17.4 Å². The highest BCUT2D eigenvalue weighted by Gasteiger charge is 2.06. The molecule has 1 N–H and O–H groups in total. The SMILES string of the molecule is CC(=O)c1ccc(NC(=O)CCc2ccc(C)o2)cc1. The van der Waals surface area contributed by atoms with Crippen LogP contribution >= 0.6 is 0 Å². The van der Waals surface area contributed by atoms with Gasteiger partial charge in [0.15, 0.2) is 5.78 Å². The van der Waals surface area contributed by atoms with E-state index in [1.807, 2.05) is 19.1 Å². The fourth-order valence-electron chi connectivity index (χ4n) is 1.87. The number of nitrogens with one attached hydrogen (secondary N) is 1. The molecule has 2 aromatic rings. The molecule has 0 fully saturated rings. The van der Waals surface area contributed by atoms with E-state index >= 15 is 0 Å². The Morgan fingerprint density at radius 1 is 1.10 bits per heavy atom. The van der Waals surface area contributed by atoms with Gasteiger partial charge in [0.25, 0.3) is 0 Å². The summed E-state index contributed by atoms with van der Waals surface area (Å²) in [7, 11) is 0. The van der Waals surface area contributed by atoms with Crippen LogP contribution in [0.5, 0.6) is 0 Å². The monoisotopic (exact) mass is 271 g/mol. The number of anilines is 1. The highest BCUT2D eigenvalue weighted by molar-refractivity contribution is 5.95. The lowest BCUT2D eigenvalue weighted by molar-refractivity contribution is -0.116. The van der Waals surface area contributed by atoms with Gasteiger partial charge in [0.2, 0.25) is 5.91 Å². The second-order valence-corrected chi connectivity index (χ2v) is 4.69. The van der Waals surface area contributed by atoms with Crippen LogP contribution in [0.1, 0.15) is 35.2 Å². The highest BCUT2D eigenvalue weighted by Crippen LogP contribution is 2.12. The number of hydrogen-bond acceptors (Lipinski definition) is 3. The van der Waals surface area contributed by atoms with E-state index in [2.05, 4.69) is 5.32 Å². The maximum atomic E-state index is 11.8. The van der Waals surface area contributed by atoms with Gasteiger partial charge in [0, 0.05) is 24.1 Å². The third kappa shape index (κ3) is 3.82. The molecule has 0 unspecified atom stereocenters. The zero-order chi connectivity index (χ0) is 14.5. The van der Waals surface area contributed by atoms with Crippen LogP contribution in [0.15, 0.2) is 40.8 Å². The van der Waals surface area contributed by atoms with E-state index in [9.17, 15) is 9.59 Å². The summed E-state index contributed by atoms with van der Waals surface area (Å²) in [6, 6.07) is 10.6. The van der Waals surface area contributed by atoms with Gasteiger partial charge < -0.3 is 9.73 Å². The molecule has 0 aliphatic carbocycles. The summed E-state index contributed by atoms with van der Waals surface area (Å²) in [6.45, 7) is 3.39. The van der Waals surface area contributed by atoms with Gasteiger partial charge in [-0.2, -0.15) is 0 Å². The molecule has 104 valence electrons. The molecule has 20 heavy (non-hydrogen) atoms. The lowest BCUT2D eigenvalue weighted by Crippen LogP contribution is -2.12. The first-order valence-electron chi connectivity index (χ1n) is 6.51. The zero-order valence-corrected chi connectivity index (χ0v) is 11.6. The Hall–Kier alpha value is -2.36. The fraction of sp³-hybridized carbons (Fsp3) is 0.250. The van der Waals surface area contributed by atoms with Crippen molar-refractivity contribution in [2.45, 2.75) is 26.7 Å². The average Bonchev–Trinajstić information content (AvgIpc) is 2.83. The van der Waals surface area contributed by atoms with Gasteiger partial charge in [-0.25, -0.2) is 0 Å². The minimum atomic E-state index is -0.0744. The van der Waals surface area contributed by atoms with Crippen molar-refractivity contribution in [2.24, 2.45) is 0 Å². The van der Waals surface area contributed by atoms with E-state index in [0.717, 1.165) is 11.5 Å². The van der Waals surface area contributed by atoms with Gasteiger partial charge in [-0.1, -0.05) is 0 Å². The quantitative estimate of drug-likeness (QED) is 0.848. The van der Waals surface area contributed by atoms with Crippen LogP contribution in [0.25, 0.3) is 0 Å². The topological polar surface area (TPSA) is 59.3 Å². The summed E-state index contributed by atoms with van der Waals surface area (Å²) in [6.07, 6.45) is 0.937. The third-order valence-corrected chi connectivity index (χ3v) is 2.97. The predicted molar refractivity (Wildman–Crippen MR) is 76.8 cm³/mol. The molecule has 1 aromatic carbocycles. The van der Waals surface area contributed by atoms with Crippen molar-refractivity contribution < 1.29 is 14.0 Å². The number of aryl methyl sites for hydroxylation is 2. The van der Waals surface area contributed by atoms with Crippen LogP contribution in [0, 0.1) is 6.92 Å². The van der Waals surface area contributed by atoms with Crippen LogP contribution < -0.4 is 5.32 Å². The molecule has 0 atom stereocenters. The number of ketones is 1. The van der Waals surface area contributed by atoms with Crippen molar-refractivity contribution in [1.29, 1.82) is 0 Å². The van der Waals surface area contributed by atoms with Crippen LogP contribution in [0.3, 0.4) is 0 Å². The average molecular weight is 271 g/mol. The Bertz CT molecular complexity index is 611. The Morgan fingerprint density at radius 2 is 1.80 bits per heavy atom. The second-order valence-electron chi connectivity index (χ2n) is 4.69. The maximum Gasteiger partial charge on any atom is 0.224 e. The number of rotatable bonds is 5. The van der Waals surface area contributed by atoms with Crippen molar-refractivity contribution in [3.05, 3.63) is 53.5 Å². The van der Waals surface area contributed by atoms with Gasteiger partial charge >= 0.3 is 0 Å². The Balaban J connectivity index is 1.86. The van der Waals surface area contributed by atoms with Gasteiger partial charge in [-0.15, -0.1) is 0 Å². The minimum absolute atomic E-state index is 0.0102. The largest absolute Gasteiger partial charge is 0.466 e. The summed E-state index contributed by atoms with van der Waals surface area (Å²) in [5.41, 5.74) is 1.32. The summed E-state index contributed by atoms with van der Waals surface area (Å²) in [5.74, 6) is 1.59. The number of carbonyl (C=O) groups is 2. The van der Waals surface area contributed by atoms with E-state index in [4.69, 9.17) is 4.42 Å². The maximum absolute atomic E-state index is 11.8.